The first-order valence-corrected chi connectivity index (χ1v) is 13.0. The summed E-state index contributed by atoms with van der Waals surface area (Å²) in [6.07, 6.45) is 3.07. The van der Waals surface area contributed by atoms with Gasteiger partial charge in [-0.25, -0.2) is 13.0 Å². The summed E-state index contributed by atoms with van der Waals surface area (Å²) in [4.78, 5) is 49.8. The molecular formula is C22H19N4NaO8S2. The molecule has 188 valence electrons. The summed E-state index contributed by atoms with van der Waals surface area (Å²) < 4.78 is 37.0. The average Bonchev–Trinajstić information content (AvgIpc) is 2.82. The number of aliphatic carboxylic acids is 1. The molecule has 1 aromatic carbocycles. The second-order valence-electron chi connectivity index (χ2n) is 8.04. The van der Waals surface area contributed by atoms with Gasteiger partial charge in [-0.1, -0.05) is 30.3 Å². The number of pyridine rings is 1. The van der Waals surface area contributed by atoms with Crippen LogP contribution in [0.3, 0.4) is 0 Å². The number of primary amides is 1. The first-order chi connectivity index (χ1) is 17.0. The summed E-state index contributed by atoms with van der Waals surface area (Å²) in [5.41, 5.74) is 5.44. The SMILES string of the molecule is NC(=O)c1cc[n+](CC2=C(C(=O)[O-])N3C(=O)C(NC(=O)[C@@H](c4ccccc4)S(=O)(=O)[O-])[C@H]3SC2)cc1.[Na+]. The van der Waals surface area contributed by atoms with Gasteiger partial charge >= 0.3 is 29.6 Å². The predicted octanol–water partition coefficient (Wildman–Crippen LogP) is -5.23. The van der Waals surface area contributed by atoms with E-state index in [9.17, 15) is 37.3 Å². The zero-order valence-corrected chi connectivity index (χ0v) is 23.0. The van der Waals surface area contributed by atoms with E-state index in [1.165, 1.54) is 48.8 Å². The molecule has 15 heteroatoms. The minimum absolute atomic E-state index is 0. The minimum Gasteiger partial charge on any atom is -0.747 e. The Labute approximate surface area is 237 Å². The first kappa shape index (κ1) is 28.8. The number of fused-ring (bicyclic) bond motifs is 1. The van der Waals surface area contributed by atoms with Crippen molar-refractivity contribution in [3.63, 3.8) is 0 Å². The van der Waals surface area contributed by atoms with E-state index in [2.05, 4.69) is 5.32 Å². The van der Waals surface area contributed by atoms with Gasteiger partial charge in [0.15, 0.2) is 24.2 Å². The second kappa shape index (κ2) is 11.3. The number of amides is 3. The summed E-state index contributed by atoms with van der Waals surface area (Å²) in [5, 5.41) is 11.3. The number of aromatic nitrogens is 1. The molecule has 2 aliphatic heterocycles. The van der Waals surface area contributed by atoms with Crippen molar-refractivity contribution in [3.8, 4) is 0 Å². The van der Waals surface area contributed by atoms with Crippen LogP contribution in [0.25, 0.3) is 0 Å². The second-order valence-corrected chi connectivity index (χ2v) is 10.6. The molecular weight excluding hydrogens is 535 g/mol. The Morgan fingerprint density at radius 2 is 1.78 bits per heavy atom. The number of β-lactam (4-membered cyclic amide) rings is 1. The Bertz CT molecular complexity index is 1380. The number of nitrogens with one attached hydrogen (secondary N) is 1. The number of carbonyl (C=O) groups excluding carboxylic acids is 4. The fourth-order valence-electron chi connectivity index (χ4n) is 4.05. The molecule has 1 fully saturated rings. The molecule has 0 saturated carbocycles. The van der Waals surface area contributed by atoms with Crippen LogP contribution < -0.4 is 50.3 Å². The number of hydrogen-bond donors (Lipinski definition) is 2. The molecule has 37 heavy (non-hydrogen) atoms. The van der Waals surface area contributed by atoms with Crippen molar-refractivity contribution in [2.45, 2.75) is 23.2 Å². The van der Waals surface area contributed by atoms with Gasteiger partial charge in [0.2, 0.25) is 11.8 Å². The predicted molar refractivity (Wildman–Crippen MR) is 121 cm³/mol. The number of thioether (sulfide) groups is 1. The zero-order chi connectivity index (χ0) is 26.2. The summed E-state index contributed by atoms with van der Waals surface area (Å²) in [6.45, 7) is 0.0768. The molecule has 0 spiro atoms. The third kappa shape index (κ3) is 5.89. The summed E-state index contributed by atoms with van der Waals surface area (Å²) in [7, 11) is -5.11. The van der Waals surface area contributed by atoms with Gasteiger partial charge in [-0.05, 0) is 5.56 Å². The van der Waals surface area contributed by atoms with Gasteiger partial charge in [0.1, 0.15) is 21.5 Å². The molecule has 0 radical (unpaired) electrons. The fourth-order valence-corrected chi connectivity index (χ4v) is 6.20. The Morgan fingerprint density at radius 1 is 1.16 bits per heavy atom. The molecule has 0 bridgehead atoms. The van der Waals surface area contributed by atoms with Gasteiger partial charge in [0.25, 0.3) is 5.91 Å². The van der Waals surface area contributed by atoms with Crippen molar-refractivity contribution in [1.29, 1.82) is 0 Å². The maximum Gasteiger partial charge on any atom is 1.00 e. The Balaban J connectivity index is 0.00000380. The maximum absolute atomic E-state index is 12.9. The molecule has 3 atom stereocenters. The van der Waals surface area contributed by atoms with E-state index in [1.807, 2.05) is 0 Å². The molecule has 3 N–H and O–H groups in total. The third-order valence-corrected chi connectivity index (χ3v) is 8.12. The standard InChI is InChI=1S/C22H20N4O8S2.Na/c23-18(27)13-6-8-25(9-7-13)10-14-11-35-21-15(20(29)26(21)16(14)22(30)31)24-19(28)17(36(32,33)34)12-4-2-1-3-5-12;/h1-9,15,17,21H,10-11H2,(H4-,23,24,27,28,30,31,32,33,34);/q;+1/p-1/t15?,17-,21-;/m1./s1. The van der Waals surface area contributed by atoms with Crippen molar-refractivity contribution in [3.05, 3.63) is 77.3 Å². The van der Waals surface area contributed by atoms with E-state index in [4.69, 9.17) is 5.73 Å². The van der Waals surface area contributed by atoms with Crippen LogP contribution in [0.1, 0.15) is 21.2 Å². The van der Waals surface area contributed by atoms with E-state index < -0.39 is 50.5 Å². The van der Waals surface area contributed by atoms with Crippen LogP contribution in [0, 0.1) is 0 Å². The Hall–Kier alpha value is -2.75. The number of nitrogens with two attached hydrogens (primary N) is 1. The van der Waals surface area contributed by atoms with Crippen LogP contribution in [-0.2, 0) is 31.0 Å². The van der Waals surface area contributed by atoms with E-state index in [0.29, 0.717) is 5.57 Å². The molecule has 2 aromatic rings. The monoisotopic (exact) mass is 554 g/mol. The normalized spacial score (nSPS) is 19.7. The number of carboxylic acids is 1. The van der Waals surface area contributed by atoms with Crippen LogP contribution in [0.4, 0.5) is 0 Å². The molecule has 1 unspecified atom stereocenters. The van der Waals surface area contributed by atoms with Gasteiger partial charge in [-0.3, -0.25) is 19.3 Å². The van der Waals surface area contributed by atoms with Crippen LogP contribution >= 0.6 is 11.8 Å². The van der Waals surface area contributed by atoms with Crippen molar-refractivity contribution in [1.82, 2.24) is 10.2 Å². The average molecular weight is 555 g/mol. The van der Waals surface area contributed by atoms with Crippen molar-refractivity contribution < 1.29 is 71.4 Å². The van der Waals surface area contributed by atoms with Crippen LogP contribution in [-0.4, -0.2) is 58.7 Å². The van der Waals surface area contributed by atoms with Crippen molar-refractivity contribution in [2.75, 3.05) is 5.75 Å². The van der Waals surface area contributed by atoms with Gasteiger partial charge in [0, 0.05) is 23.5 Å². The summed E-state index contributed by atoms with van der Waals surface area (Å²) in [6, 6.07) is 8.83. The Kier molecular flexibility index (Phi) is 8.82. The van der Waals surface area contributed by atoms with E-state index >= 15 is 0 Å². The van der Waals surface area contributed by atoms with Gasteiger partial charge in [0.05, 0.1) is 17.2 Å². The number of nitrogens with zero attached hydrogens (tertiary/aromatic N) is 2. The smallest absolute Gasteiger partial charge is 0.747 e. The number of rotatable bonds is 8. The molecule has 3 amide bonds. The van der Waals surface area contributed by atoms with Crippen LogP contribution in [0.15, 0.2) is 66.1 Å². The van der Waals surface area contributed by atoms with Gasteiger partial charge in [-0.15, -0.1) is 11.8 Å². The number of carbonyl (C=O) groups is 4. The topological polar surface area (TPSA) is 194 Å². The van der Waals surface area contributed by atoms with E-state index in [0.717, 1.165) is 16.7 Å². The molecule has 12 nitrogen and oxygen atoms in total. The van der Waals surface area contributed by atoms with Crippen LogP contribution in [0.2, 0.25) is 0 Å². The van der Waals surface area contributed by atoms with E-state index in [-0.39, 0.29) is 58.7 Å². The van der Waals surface area contributed by atoms with Crippen molar-refractivity contribution in [2.24, 2.45) is 5.73 Å². The van der Waals surface area contributed by atoms with Crippen LogP contribution in [0.5, 0.6) is 0 Å². The van der Waals surface area contributed by atoms with E-state index in [1.54, 1.807) is 10.6 Å². The van der Waals surface area contributed by atoms with Gasteiger partial charge in [-0.2, -0.15) is 0 Å². The quantitative estimate of drug-likeness (QED) is 0.139. The first-order valence-electron chi connectivity index (χ1n) is 10.5. The number of benzene rings is 1. The Morgan fingerprint density at radius 3 is 2.32 bits per heavy atom. The third-order valence-electron chi connectivity index (χ3n) is 5.72. The number of hydrogen-bond acceptors (Lipinski definition) is 9. The van der Waals surface area contributed by atoms with Gasteiger partial charge < -0.3 is 25.5 Å². The fraction of sp³-hybridized carbons (Fsp3) is 0.227. The molecule has 1 aromatic heterocycles. The number of carboxylic acid groups (broad SMARTS) is 1. The molecule has 2 aliphatic rings. The molecule has 0 aliphatic carbocycles. The summed E-state index contributed by atoms with van der Waals surface area (Å²) in [5.74, 6) is -4.00. The summed E-state index contributed by atoms with van der Waals surface area (Å²) >= 11 is 1.16. The molecule has 1 saturated heterocycles. The zero-order valence-electron chi connectivity index (χ0n) is 19.4. The molecule has 3 heterocycles. The largest absolute Gasteiger partial charge is 1.00 e. The maximum atomic E-state index is 12.9. The minimum atomic E-state index is -5.11. The van der Waals surface area contributed by atoms with Crippen molar-refractivity contribution >= 4 is 45.6 Å². The molecule has 4 rings (SSSR count).